The third-order valence-electron chi connectivity index (χ3n) is 1.62. The summed E-state index contributed by atoms with van der Waals surface area (Å²) in [6, 6.07) is 9.81. The Hall–Kier alpha value is -1.12. The topological polar surface area (TPSA) is 26.3 Å². The number of aldehydes is 1. The van der Waals surface area contributed by atoms with E-state index in [9.17, 15) is 4.79 Å². The molecule has 0 fully saturated rings. The molecular weight excluding hydrogens is 200 g/mol. The lowest BCUT2D eigenvalue weighted by Gasteiger charge is -2.00. The van der Waals surface area contributed by atoms with Gasteiger partial charge in [-0.2, -0.15) is 0 Å². The molecule has 0 atom stereocenters. The summed E-state index contributed by atoms with van der Waals surface area (Å²) in [6.07, 6.45) is 2.13. The van der Waals surface area contributed by atoms with Gasteiger partial charge in [0.25, 0.3) is 0 Å². The maximum atomic E-state index is 10.1. The van der Waals surface area contributed by atoms with Crippen LogP contribution in [0.25, 0.3) is 0 Å². The van der Waals surface area contributed by atoms with Crippen molar-refractivity contribution in [2.45, 2.75) is 6.61 Å². The van der Waals surface area contributed by atoms with Gasteiger partial charge in [0.2, 0.25) is 0 Å². The second-order valence-electron chi connectivity index (χ2n) is 2.71. The summed E-state index contributed by atoms with van der Waals surface area (Å²) in [6.45, 7) is 0.882. The number of allylic oxidation sites excluding steroid dienone is 1. The first-order valence-corrected chi connectivity index (χ1v) is 4.63. The Kier molecular flexibility index (Phi) is 4.97. The summed E-state index contributed by atoms with van der Waals surface area (Å²) in [7, 11) is 0. The number of rotatable bonds is 5. The minimum atomic E-state index is 0.179. The van der Waals surface area contributed by atoms with Gasteiger partial charge in [0.15, 0.2) is 6.29 Å². The molecule has 0 N–H and O–H groups in total. The van der Waals surface area contributed by atoms with E-state index in [1.807, 2.05) is 30.3 Å². The SMILES string of the molecule is O=C/C(Cl)=C\COCc1ccccc1. The number of ether oxygens (including phenoxy) is 1. The molecule has 0 amide bonds. The summed E-state index contributed by atoms with van der Waals surface area (Å²) < 4.78 is 5.27. The van der Waals surface area contributed by atoms with Gasteiger partial charge in [0.1, 0.15) is 0 Å². The van der Waals surface area contributed by atoms with Crippen molar-refractivity contribution >= 4 is 17.9 Å². The van der Waals surface area contributed by atoms with Crippen molar-refractivity contribution < 1.29 is 9.53 Å². The first-order valence-electron chi connectivity index (χ1n) is 4.25. The zero-order valence-corrected chi connectivity index (χ0v) is 8.41. The quantitative estimate of drug-likeness (QED) is 0.424. The van der Waals surface area contributed by atoms with Crippen LogP contribution in [0.5, 0.6) is 0 Å². The molecule has 1 aromatic rings. The molecule has 0 saturated carbocycles. The molecule has 1 rings (SSSR count). The predicted molar refractivity (Wildman–Crippen MR) is 56.1 cm³/mol. The lowest BCUT2D eigenvalue weighted by molar-refractivity contribution is -0.104. The average Bonchev–Trinajstić information content (AvgIpc) is 2.25. The molecule has 0 saturated heterocycles. The van der Waals surface area contributed by atoms with Gasteiger partial charge in [-0.05, 0) is 11.6 Å². The zero-order valence-electron chi connectivity index (χ0n) is 7.65. The maximum Gasteiger partial charge on any atom is 0.161 e. The van der Waals surface area contributed by atoms with Gasteiger partial charge in [-0.25, -0.2) is 0 Å². The van der Waals surface area contributed by atoms with Crippen molar-refractivity contribution in [1.82, 2.24) is 0 Å². The van der Waals surface area contributed by atoms with E-state index in [2.05, 4.69) is 0 Å². The Morgan fingerprint density at radius 2 is 2.07 bits per heavy atom. The van der Waals surface area contributed by atoms with Crippen LogP contribution in [0.2, 0.25) is 0 Å². The molecular formula is C11H11ClO2. The van der Waals surface area contributed by atoms with E-state index in [1.165, 1.54) is 6.08 Å². The van der Waals surface area contributed by atoms with Crippen LogP contribution in [0.15, 0.2) is 41.4 Å². The molecule has 3 heteroatoms. The van der Waals surface area contributed by atoms with E-state index in [0.29, 0.717) is 19.5 Å². The highest BCUT2D eigenvalue weighted by atomic mass is 35.5. The van der Waals surface area contributed by atoms with Crippen molar-refractivity contribution in [2.24, 2.45) is 0 Å². The highest BCUT2D eigenvalue weighted by molar-refractivity contribution is 6.38. The van der Waals surface area contributed by atoms with Gasteiger partial charge < -0.3 is 4.74 Å². The smallest absolute Gasteiger partial charge is 0.161 e. The molecule has 0 spiro atoms. The zero-order chi connectivity index (χ0) is 10.2. The molecule has 0 radical (unpaired) electrons. The van der Waals surface area contributed by atoms with Crippen LogP contribution in [0, 0.1) is 0 Å². The van der Waals surface area contributed by atoms with Gasteiger partial charge in [-0.15, -0.1) is 0 Å². The van der Waals surface area contributed by atoms with Gasteiger partial charge in [0.05, 0.1) is 18.2 Å². The van der Waals surface area contributed by atoms with Crippen LogP contribution in [-0.4, -0.2) is 12.9 Å². The maximum absolute atomic E-state index is 10.1. The van der Waals surface area contributed by atoms with Crippen LogP contribution < -0.4 is 0 Å². The number of benzene rings is 1. The minimum Gasteiger partial charge on any atom is -0.373 e. The third kappa shape index (κ3) is 4.21. The first-order chi connectivity index (χ1) is 6.83. The molecule has 74 valence electrons. The second-order valence-corrected chi connectivity index (χ2v) is 3.14. The Morgan fingerprint density at radius 3 is 2.71 bits per heavy atom. The lowest BCUT2D eigenvalue weighted by atomic mass is 10.2. The van der Waals surface area contributed by atoms with Crippen molar-refractivity contribution in [3.8, 4) is 0 Å². The summed E-state index contributed by atoms with van der Waals surface area (Å²) >= 11 is 5.46. The Bertz CT molecular complexity index is 306. The molecule has 0 aliphatic heterocycles. The van der Waals surface area contributed by atoms with Crippen LogP contribution >= 0.6 is 11.6 Å². The van der Waals surface area contributed by atoms with E-state index in [-0.39, 0.29) is 5.03 Å². The lowest BCUT2D eigenvalue weighted by Crippen LogP contribution is -1.93. The normalized spacial score (nSPS) is 11.4. The predicted octanol–water partition coefficient (Wildman–Crippen LogP) is 2.52. The second kappa shape index (κ2) is 6.35. The highest BCUT2D eigenvalue weighted by Crippen LogP contribution is 2.01. The van der Waals surface area contributed by atoms with E-state index >= 15 is 0 Å². The number of hydrogen-bond donors (Lipinski definition) is 0. The molecule has 0 aliphatic carbocycles. The van der Waals surface area contributed by atoms with Crippen LogP contribution in [0.3, 0.4) is 0 Å². The number of carbonyl (C=O) groups is 1. The number of halogens is 1. The van der Waals surface area contributed by atoms with Gasteiger partial charge in [-0.3, -0.25) is 4.79 Å². The first kappa shape index (κ1) is 11.0. The number of hydrogen-bond acceptors (Lipinski definition) is 2. The molecule has 14 heavy (non-hydrogen) atoms. The standard InChI is InChI=1S/C11H11ClO2/c12-11(8-13)6-7-14-9-10-4-2-1-3-5-10/h1-6,8H,7,9H2/b11-6+. The van der Waals surface area contributed by atoms with E-state index in [1.54, 1.807) is 0 Å². The summed E-state index contributed by atoms with van der Waals surface area (Å²) in [4.78, 5) is 10.1. The molecule has 0 heterocycles. The average molecular weight is 211 g/mol. The Labute approximate surface area is 88.1 Å². The fourth-order valence-electron chi connectivity index (χ4n) is 0.938. The molecule has 0 aromatic heterocycles. The van der Waals surface area contributed by atoms with E-state index in [4.69, 9.17) is 16.3 Å². The van der Waals surface area contributed by atoms with Crippen molar-refractivity contribution in [2.75, 3.05) is 6.61 Å². The fourth-order valence-corrected chi connectivity index (χ4v) is 1.00. The minimum absolute atomic E-state index is 0.179. The third-order valence-corrected chi connectivity index (χ3v) is 1.86. The Morgan fingerprint density at radius 1 is 1.36 bits per heavy atom. The van der Waals surface area contributed by atoms with E-state index < -0.39 is 0 Å². The molecule has 0 unspecified atom stereocenters. The van der Waals surface area contributed by atoms with Gasteiger partial charge >= 0.3 is 0 Å². The van der Waals surface area contributed by atoms with E-state index in [0.717, 1.165) is 5.56 Å². The van der Waals surface area contributed by atoms with Crippen LogP contribution in [-0.2, 0) is 16.1 Å². The van der Waals surface area contributed by atoms with Crippen LogP contribution in [0.4, 0.5) is 0 Å². The van der Waals surface area contributed by atoms with Crippen LogP contribution in [0.1, 0.15) is 5.56 Å². The Balaban J connectivity index is 2.26. The molecule has 0 aliphatic rings. The molecule has 0 bridgehead atoms. The van der Waals surface area contributed by atoms with Crippen molar-refractivity contribution in [3.05, 3.63) is 47.0 Å². The highest BCUT2D eigenvalue weighted by Gasteiger charge is 1.90. The summed E-state index contributed by atoms with van der Waals surface area (Å²) in [5, 5.41) is 0.179. The summed E-state index contributed by atoms with van der Waals surface area (Å²) in [5.74, 6) is 0. The monoisotopic (exact) mass is 210 g/mol. The fraction of sp³-hybridized carbons (Fsp3) is 0.182. The van der Waals surface area contributed by atoms with Crippen molar-refractivity contribution in [3.63, 3.8) is 0 Å². The number of carbonyl (C=O) groups excluding carboxylic acids is 1. The summed E-state index contributed by atoms with van der Waals surface area (Å²) in [5.41, 5.74) is 1.10. The molecule has 2 nitrogen and oxygen atoms in total. The molecule has 1 aromatic carbocycles. The van der Waals surface area contributed by atoms with Crippen molar-refractivity contribution in [1.29, 1.82) is 0 Å². The van der Waals surface area contributed by atoms with Gasteiger partial charge in [-0.1, -0.05) is 41.9 Å². The largest absolute Gasteiger partial charge is 0.373 e. The van der Waals surface area contributed by atoms with Gasteiger partial charge in [0, 0.05) is 0 Å².